The lowest BCUT2D eigenvalue weighted by Crippen LogP contribution is -2.11. The maximum Gasteiger partial charge on any atom is 0.129 e. The Hall–Kier alpha value is -0.240. The van der Waals surface area contributed by atoms with E-state index in [1.807, 2.05) is 6.07 Å². The second-order valence-corrected chi connectivity index (χ2v) is 4.87. The van der Waals surface area contributed by atoms with Gasteiger partial charge in [-0.05, 0) is 12.5 Å². The van der Waals surface area contributed by atoms with Crippen LogP contribution in [0.3, 0.4) is 0 Å². The molecule has 0 aromatic heterocycles. The molecule has 19 heavy (non-hydrogen) atoms. The Morgan fingerprint density at radius 2 is 1.95 bits per heavy atom. The lowest BCUT2D eigenvalue weighted by atomic mass is 10.1. The zero-order valence-electron chi connectivity index (χ0n) is 11.1. The predicted octanol–water partition coefficient (Wildman–Crippen LogP) is 3.37. The van der Waals surface area contributed by atoms with Crippen molar-refractivity contribution in [1.29, 1.82) is 0 Å². The summed E-state index contributed by atoms with van der Waals surface area (Å²) < 4.78 is 30.3. The molecule has 0 spiro atoms. The average Bonchev–Trinajstić information content (AvgIpc) is 2.43. The van der Waals surface area contributed by atoms with E-state index in [4.69, 9.17) is 14.2 Å². The number of benzene rings is 1. The van der Waals surface area contributed by atoms with E-state index in [-0.39, 0.29) is 11.9 Å². The van der Waals surface area contributed by atoms with Gasteiger partial charge in [0.1, 0.15) is 5.82 Å². The van der Waals surface area contributed by atoms with E-state index >= 15 is 0 Å². The highest BCUT2D eigenvalue weighted by Gasteiger charge is 2.14. The Morgan fingerprint density at radius 3 is 2.63 bits per heavy atom. The number of hydrogen-bond donors (Lipinski definition) is 0. The first-order chi connectivity index (χ1) is 9.29. The smallest absolute Gasteiger partial charge is 0.129 e. The average molecular weight is 382 g/mol. The van der Waals surface area contributed by atoms with Crippen LogP contribution in [0.1, 0.15) is 18.1 Å². The molecule has 0 aliphatic heterocycles. The van der Waals surface area contributed by atoms with Crippen molar-refractivity contribution in [2.45, 2.75) is 12.5 Å². The maximum atomic E-state index is 13.6. The van der Waals surface area contributed by atoms with Gasteiger partial charge < -0.3 is 14.2 Å². The Labute approximate surface area is 127 Å². The van der Waals surface area contributed by atoms with Gasteiger partial charge in [0, 0.05) is 30.3 Å². The summed E-state index contributed by atoms with van der Waals surface area (Å²) in [6, 6.07) is 6.75. The minimum Gasteiger partial charge on any atom is -0.382 e. The molecule has 0 saturated carbocycles. The Balaban J connectivity index is 2.24. The number of rotatable bonds is 10. The highest BCUT2D eigenvalue weighted by molar-refractivity contribution is 14.1. The third-order valence-electron chi connectivity index (χ3n) is 2.58. The SMILES string of the molecule is COCCOCCCOC(CI)c1ccccc1F. The van der Waals surface area contributed by atoms with Crippen molar-refractivity contribution in [3.05, 3.63) is 35.6 Å². The molecule has 5 heteroatoms. The van der Waals surface area contributed by atoms with Crippen LogP contribution in [0.15, 0.2) is 24.3 Å². The molecule has 0 saturated heterocycles. The summed E-state index contributed by atoms with van der Waals surface area (Å²) >= 11 is 2.21. The summed E-state index contributed by atoms with van der Waals surface area (Å²) in [5.74, 6) is -0.208. The van der Waals surface area contributed by atoms with Crippen LogP contribution in [0.5, 0.6) is 0 Å². The molecule has 0 bridgehead atoms. The molecule has 1 unspecified atom stereocenters. The van der Waals surface area contributed by atoms with Crippen LogP contribution in [0.2, 0.25) is 0 Å². The normalized spacial score (nSPS) is 12.6. The van der Waals surface area contributed by atoms with Gasteiger partial charge in [-0.3, -0.25) is 0 Å². The molecule has 1 aromatic rings. The minimum atomic E-state index is -0.208. The first-order valence-corrected chi connectivity index (χ1v) is 7.80. The molecule has 0 radical (unpaired) electrons. The van der Waals surface area contributed by atoms with E-state index in [1.54, 1.807) is 19.2 Å². The van der Waals surface area contributed by atoms with Gasteiger partial charge in [0.15, 0.2) is 0 Å². The fourth-order valence-electron chi connectivity index (χ4n) is 1.58. The molecule has 0 aliphatic carbocycles. The first-order valence-electron chi connectivity index (χ1n) is 6.28. The van der Waals surface area contributed by atoms with Crippen LogP contribution < -0.4 is 0 Å². The zero-order valence-corrected chi connectivity index (χ0v) is 13.3. The number of ether oxygens (including phenoxy) is 3. The van der Waals surface area contributed by atoms with Crippen LogP contribution in [0.25, 0.3) is 0 Å². The summed E-state index contributed by atoms with van der Waals surface area (Å²) in [5.41, 5.74) is 0.622. The molecular formula is C14H20FIO3. The quantitative estimate of drug-likeness (QED) is 0.353. The van der Waals surface area contributed by atoms with E-state index in [0.717, 1.165) is 10.8 Å². The van der Waals surface area contributed by atoms with Crippen LogP contribution in [0.4, 0.5) is 4.39 Å². The Morgan fingerprint density at radius 1 is 1.16 bits per heavy atom. The molecule has 0 N–H and O–H groups in total. The lowest BCUT2D eigenvalue weighted by molar-refractivity contribution is 0.0311. The summed E-state index contributed by atoms with van der Waals surface area (Å²) in [5, 5.41) is 0. The number of hydrogen-bond acceptors (Lipinski definition) is 3. The molecular weight excluding hydrogens is 362 g/mol. The van der Waals surface area contributed by atoms with Gasteiger partial charge in [0.25, 0.3) is 0 Å². The fraction of sp³-hybridized carbons (Fsp3) is 0.571. The standard InChI is InChI=1S/C14H20FIO3/c1-17-9-10-18-7-4-8-19-14(11-16)12-5-2-3-6-13(12)15/h2-3,5-6,14H,4,7-11H2,1H3. The Bertz CT molecular complexity index is 349. The van der Waals surface area contributed by atoms with Crippen LogP contribution >= 0.6 is 22.6 Å². The van der Waals surface area contributed by atoms with E-state index < -0.39 is 0 Å². The highest BCUT2D eigenvalue weighted by Crippen LogP contribution is 2.22. The predicted molar refractivity (Wildman–Crippen MR) is 81.3 cm³/mol. The van der Waals surface area contributed by atoms with Gasteiger partial charge in [-0.1, -0.05) is 40.8 Å². The number of halogens is 2. The molecule has 1 aromatic carbocycles. The largest absolute Gasteiger partial charge is 0.382 e. The van der Waals surface area contributed by atoms with Crippen LogP contribution in [0, 0.1) is 5.82 Å². The van der Waals surface area contributed by atoms with Crippen molar-refractivity contribution < 1.29 is 18.6 Å². The van der Waals surface area contributed by atoms with Crippen molar-refractivity contribution >= 4 is 22.6 Å². The zero-order chi connectivity index (χ0) is 13.9. The second-order valence-electron chi connectivity index (χ2n) is 3.99. The monoisotopic (exact) mass is 382 g/mol. The van der Waals surface area contributed by atoms with Gasteiger partial charge in [0.05, 0.1) is 19.3 Å². The fourth-order valence-corrected chi connectivity index (χ4v) is 2.31. The topological polar surface area (TPSA) is 27.7 Å². The number of alkyl halides is 1. The minimum absolute atomic E-state index is 0.194. The van der Waals surface area contributed by atoms with E-state index in [9.17, 15) is 4.39 Å². The van der Waals surface area contributed by atoms with Crippen molar-refractivity contribution in [2.75, 3.05) is 38.0 Å². The van der Waals surface area contributed by atoms with Crippen molar-refractivity contribution in [3.63, 3.8) is 0 Å². The number of methoxy groups -OCH3 is 1. The van der Waals surface area contributed by atoms with Crippen molar-refractivity contribution in [1.82, 2.24) is 0 Å². The van der Waals surface area contributed by atoms with E-state index in [0.29, 0.717) is 32.0 Å². The molecule has 1 atom stereocenters. The molecule has 3 nitrogen and oxygen atoms in total. The summed E-state index contributed by atoms with van der Waals surface area (Å²) in [6.07, 6.45) is 0.603. The van der Waals surface area contributed by atoms with Crippen LogP contribution in [-0.4, -0.2) is 38.0 Å². The van der Waals surface area contributed by atoms with Gasteiger partial charge >= 0.3 is 0 Å². The maximum absolute atomic E-state index is 13.6. The molecule has 0 amide bonds. The molecule has 1 rings (SSSR count). The molecule has 0 fully saturated rings. The van der Waals surface area contributed by atoms with Crippen LogP contribution in [-0.2, 0) is 14.2 Å². The van der Waals surface area contributed by atoms with Gasteiger partial charge in [-0.25, -0.2) is 4.39 Å². The van der Waals surface area contributed by atoms with E-state index in [1.165, 1.54) is 6.07 Å². The summed E-state index contributed by atoms with van der Waals surface area (Å²) in [6.45, 7) is 2.40. The van der Waals surface area contributed by atoms with Crippen molar-refractivity contribution in [2.24, 2.45) is 0 Å². The lowest BCUT2D eigenvalue weighted by Gasteiger charge is -2.16. The Kier molecular flexibility index (Phi) is 9.32. The molecule has 0 heterocycles. The van der Waals surface area contributed by atoms with E-state index in [2.05, 4.69) is 22.6 Å². The highest BCUT2D eigenvalue weighted by atomic mass is 127. The summed E-state index contributed by atoms with van der Waals surface area (Å²) in [7, 11) is 1.64. The van der Waals surface area contributed by atoms with Crippen molar-refractivity contribution in [3.8, 4) is 0 Å². The summed E-state index contributed by atoms with van der Waals surface area (Å²) in [4.78, 5) is 0. The molecule has 108 valence electrons. The first kappa shape index (κ1) is 16.8. The second kappa shape index (κ2) is 10.5. The third-order valence-corrected chi connectivity index (χ3v) is 3.38. The van der Waals surface area contributed by atoms with Gasteiger partial charge in [-0.2, -0.15) is 0 Å². The molecule has 0 aliphatic rings. The van der Waals surface area contributed by atoms with Gasteiger partial charge in [0.2, 0.25) is 0 Å². The van der Waals surface area contributed by atoms with Gasteiger partial charge in [-0.15, -0.1) is 0 Å². The third kappa shape index (κ3) is 6.65.